The van der Waals surface area contributed by atoms with Gasteiger partial charge in [0.25, 0.3) is 0 Å². The Bertz CT molecular complexity index is 66.3. The van der Waals surface area contributed by atoms with Crippen molar-refractivity contribution in [3.63, 3.8) is 0 Å². The summed E-state index contributed by atoms with van der Waals surface area (Å²) in [5.74, 6) is 0. The average Bonchev–Trinajstić information content (AvgIpc) is 2.30. The van der Waals surface area contributed by atoms with Crippen molar-refractivity contribution in [2.75, 3.05) is 26.4 Å². The van der Waals surface area contributed by atoms with Crippen LogP contribution in [0.5, 0.6) is 0 Å². The maximum Gasteiger partial charge on any atom is 0.0431 e. The zero-order valence-corrected chi connectivity index (χ0v) is 12.3. The second-order valence-corrected chi connectivity index (χ2v) is 3.02. The quantitative estimate of drug-likeness (QED) is 0.427. The molecule has 0 aromatic carbocycles. The number of unbranched alkanes of at least 4 members (excludes halogenated alkanes) is 2. The minimum Gasteiger partial charge on any atom is -0.396 e. The number of rotatable bonds is 6. The van der Waals surface area contributed by atoms with Gasteiger partial charge in [0.2, 0.25) is 0 Å². The van der Waals surface area contributed by atoms with Gasteiger partial charge in [-0.3, -0.25) is 0 Å². The van der Waals surface area contributed by atoms with Gasteiger partial charge in [0.1, 0.15) is 0 Å². The summed E-state index contributed by atoms with van der Waals surface area (Å²) in [6, 6.07) is 0. The van der Waals surface area contributed by atoms with Crippen LogP contribution in [-0.4, -0.2) is 41.7 Å². The normalized spacial score (nSPS) is 7.88. The molecule has 0 rings (SSSR count). The first-order valence-corrected chi connectivity index (χ1v) is 5.77. The number of hydrogen-bond acceptors (Lipinski definition) is 4. The molecule has 4 nitrogen and oxygen atoms in total. The Morgan fingerprint density at radius 1 is 0.750 bits per heavy atom. The van der Waals surface area contributed by atoms with E-state index in [9.17, 15) is 0 Å². The molecular formula is C11H29NO3Ti. The number of aliphatic hydroxyl groups is 3. The maximum absolute atomic E-state index is 8.25. The molecule has 0 aromatic heterocycles. The predicted molar refractivity (Wildman–Crippen MR) is 64.7 cm³/mol. The van der Waals surface area contributed by atoms with E-state index in [1.165, 1.54) is 0 Å². The van der Waals surface area contributed by atoms with E-state index in [-0.39, 0.29) is 21.7 Å². The van der Waals surface area contributed by atoms with Gasteiger partial charge in [-0.15, -0.1) is 0 Å². The number of aliphatic hydroxyl groups excluding tert-OH is 3. The van der Waals surface area contributed by atoms with Gasteiger partial charge in [-0.05, 0) is 38.6 Å². The van der Waals surface area contributed by atoms with Crippen molar-refractivity contribution in [2.45, 2.75) is 46.0 Å². The number of hydrogen-bond donors (Lipinski definition) is 4. The first-order chi connectivity index (χ1) is 7.24. The molecule has 0 aliphatic heterocycles. The van der Waals surface area contributed by atoms with Gasteiger partial charge in [0, 0.05) is 41.5 Å². The molecule has 0 aliphatic rings. The van der Waals surface area contributed by atoms with Gasteiger partial charge in [-0.25, -0.2) is 0 Å². The van der Waals surface area contributed by atoms with Crippen LogP contribution < -0.4 is 5.73 Å². The Kier molecular flexibility index (Phi) is 57.3. The third-order valence-electron chi connectivity index (χ3n) is 1.31. The molecule has 0 radical (unpaired) electrons. The largest absolute Gasteiger partial charge is 0.396 e. The van der Waals surface area contributed by atoms with Gasteiger partial charge in [-0.2, -0.15) is 0 Å². The van der Waals surface area contributed by atoms with Crippen molar-refractivity contribution in [2.24, 2.45) is 5.73 Å². The van der Waals surface area contributed by atoms with E-state index in [0.717, 1.165) is 38.6 Å². The van der Waals surface area contributed by atoms with E-state index >= 15 is 0 Å². The van der Waals surface area contributed by atoms with E-state index in [4.69, 9.17) is 21.1 Å². The molecule has 16 heavy (non-hydrogen) atoms. The smallest absolute Gasteiger partial charge is 0.0431 e. The van der Waals surface area contributed by atoms with Crippen LogP contribution in [0.1, 0.15) is 46.0 Å². The molecule has 0 amide bonds. The Morgan fingerprint density at radius 3 is 1.31 bits per heavy atom. The molecule has 0 saturated carbocycles. The van der Waals surface area contributed by atoms with Gasteiger partial charge >= 0.3 is 0 Å². The molecule has 0 aliphatic carbocycles. The Hall–Kier alpha value is 0.554. The number of nitrogens with two attached hydrogens (primary N) is 1. The molecule has 100 valence electrons. The van der Waals surface area contributed by atoms with E-state index in [2.05, 4.69) is 0 Å². The summed E-state index contributed by atoms with van der Waals surface area (Å²) in [6.07, 6.45) is 4.75. The summed E-state index contributed by atoms with van der Waals surface area (Å²) in [5, 5.41) is 24.0. The first-order valence-electron chi connectivity index (χ1n) is 5.77. The molecule has 0 spiro atoms. The van der Waals surface area contributed by atoms with Crippen molar-refractivity contribution in [3.8, 4) is 0 Å². The predicted octanol–water partition coefficient (Wildman–Crippen LogP) is 0.883. The second-order valence-electron chi connectivity index (χ2n) is 3.02. The van der Waals surface area contributed by atoms with Gasteiger partial charge in [0.05, 0.1) is 0 Å². The van der Waals surface area contributed by atoms with Crippen molar-refractivity contribution in [3.05, 3.63) is 0 Å². The molecule has 0 aromatic rings. The van der Waals surface area contributed by atoms with Gasteiger partial charge in [-0.1, -0.05) is 13.8 Å². The van der Waals surface area contributed by atoms with E-state index < -0.39 is 0 Å². The standard InChI is InChI=1S/C5H13NO.2C3H8O.Ti/c6-4-2-1-3-5-7;2*1-2-3-4;/h7H,1-6H2;2*4H,2-3H2,1H3;. The average molecular weight is 271 g/mol. The van der Waals surface area contributed by atoms with Crippen LogP contribution in [0.2, 0.25) is 0 Å². The summed E-state index contributed by atoms with van der Waals surface area (Å²) in [4.78, 5) is 0. The van der Waals surface area contributed by atoms with Crippen LogP contribution in [0.3, 0.4) is 0 Å². The van der Waals surface area contributed by atoms with Crippen LogP contribution in [0.25, 0.3) is 0 Å². The van der Waals surface area contributed by atoms with E-state index in [0.29, 0.717) is 19.8 Å². The SMILES string of the molecule is CCCO.CCCO.NCCCCCO.[Ti]. The topological polar surface area (TPSA) is 86.7 Å². The third-order valence-corrected chi connectivity index (χ3v) is 1.31. The van der Waals surface area contributed by atoms with E-state index in [1.54, 1.807) is 0 Å². The summed E-state index contributed by atoms with van der Waals surface area (Å²) in [7, 11) is 0. The zero-order valence-electron chi connectivity index (χ0n) is 10.8. The Balaban J connectivity index is -0.0000000700. The first kappa shape index (κ1) is 25.4. The zero-order chi connectivity index (χ0) is 12.4. The van der Waals surface area contributed by atoms with Crippen LogP contribution in [0.15, 0.2) is 0 Å². The molecule has 0 saturated heterocycles. The van der Waals surface area contributed by atoms with Crippen molar-refractivity contribution < 1.29 is 37.0 Å². The van der Waals surface area contributed by atoms with Crippen LogP contribution in [-0.2, 0) is 21.7 Å². The van der Waals surface area contributed by atoms with E-state index in [1.807, 2.05) is 13.8 Å². The fraction of sp³-hybridized carbons (Fsp3) is 1.00. The van der Waals surface area contributed by atoms with Crippen LogP contribution in [0, 0.1) is 0 Å². The molecule has 5 heteroatoms. The molecular weight excluding hydrogens is 242 g/mol. The van der Waals surface area contributed by atoms with Crippen molar-refractivity contribution in [1.82, 2.24) is 0 Å². The van der Waals surface area contributed by atoms with Crippen LogP contribution in [0.4, 0.5) is 0 Å². The fourth-order valence-electron chi connectivity index (χ4n) is 0.433. The minimum atomic E-state index is 0. The monoisotopic (exact) mass is 271 g/mol. The van der Waals surface area contributed by atoms with Crippen LogP contribution >= 0.6 is 0 Å². The molecule has 0 unspecified atom stereocenters. The summed E-state index contributed by atoms with van der Waals surface area (Å²) in [5.41, 5.74) is 5.19. The van der Waals surface area contributed by atoms with Crippen molar-refractivity contribution >= 4 is 0 Å². The summed E-state index contributed by atoms with van der Waals surface area (Å²) < 4.78 is 0. The molecule has 0 atom stereocenters. The van der Waals surface area contributed by atoms with Gasteiger partial charge in [0.15, 0.2) is 0 Å². The Labute approximate surface area is 115 Å². The molecule has 0 bridgehead atoms. The second kappa shape index (κ2) is 36.1. The third kappa shape index (κ3) is 62.2. The molecule has 0 heterocycles. The molecule has 0 fully saturated rings. The summed E-state index contributed by atoms with van der Waals surface area (Å²) in [6.45, 7) is 5.56. The van der Waals surface area contributed by atoms with Crippen molar-refractivity contribution in [1.29, 1.82) is 0 Å². The Morgan fingerprint density at radius 2 is 1.12 bits per heavy atom. The maximum atomic E-state index is 8.25. The minimum absolute atomic E-state index is 0. The fourth-order valence-corrected chi connectivity index (χ4v) is 0.433. The van der Waals surface area contributed by atoms with Gasteiger partial charge < -0.3 is 21.1 Å². The molecule has 5 N–H and O–H groups in total. The summed E-state index contributed by atoms with van der Waals surface area (Å²) >= 11 is 0.